The van der Waals surface area contributed by atoms with Crippen molar-refractivity contribution in [3.8, 4) is 0 Å². The van der Waals surface area contributed by atoms with Crippen LogP contribution in [-0.4, -0.2) is 21.2 Å². The summed E-state index contributed by atoms with van der Waals surface area (Å²) >= 11 is 1.21. The third kappa shape index (κ3) is 4.04. The maximum absolute atomic E-state index is 13.3. The van der Waals surface area contributed by atoms with Gasteiger partial charge in [-0.25, -0.2) is 4.98 Å². The quantitative estimate of drug-likeness (QED) is 0.298. The van der Waals surface area contributed by atoms with E-state index in [9.17, 15) is 9.59 Å². The lowest BCUT2D eigenvalue weighted by Crippen LogP contribution is -2.26. The van der Waals surface area contributed by atoms with E-state index in [1.165, 1.54) is 16.3 Å². The topological polar surface area (TPSA) is 90.3 Å². The second-order valence-electron chi connectivity index (χ2n) is 7.19. The largest absolute Gasteiger partial charge is 0.467 e. The van der Waals surface area contributed by atoms with Crippen LogP contribution < -0.4 is 10.9 Å². The highest BCUT2D eigenvalue weighted by molar-refractivity contribution is 7.99. The molecule has 32 heavy (non-hydrogen) atoms. The molecule has 8 heteroatoms. The molecule has 0 spiro atoms. The Morgan fingerprint density at radius 3 is 2.66 bits per heavy atom. The number of hydrogen-bond donors (Lipinski definition) is 1. The minimum atomic E-state index is -0.310. The van der Waals surface area contributed by atoms with E-state index in [-0.39, 0.29) is 29.3 Å². The third-order valence-electron chi connectivity index (χ3n) is 5.01. The summed E-state index contributed by atoms with van der Waals surface area (Å²) in [6, 6.07) is 20.6. The lowest BCUT2D eigenvalue weighted by atomic mass is 10.2. The second kappa shape index (κ2) is 8.76. The van der Waals surface area contributed by atoms with E-state index < -0.39 is 0 Å². The zero-order valence-corrected chi connectivity index (χ0v) is 17.8. The van der Waals surface area contributed by atoms with Gasteiger partial charge in [-0.2, -0.15) is 0 Å². The molecule has 0 atom stereocenters. The van der Waals surface area contributed by atoms with Crippen molar-refractivity contribution in [2.24, 2.45) is 0 Å². The van der Waals surface area contributed by atoms with Crippen LogP contribution >= 0.6 is 11.8 Å². The normalized spacial score (nSPS) is 11.2. The van der Waals surface area contributed by atoms with Crippen LogP contribution in [0.1, 0.15) is 11.3 Å². The van der Waals surface area contributed by atoms with Gasteiger partial charge in [-0.05, 0) is 29.8 Å². The average Bonchev–Trinajstić information content (AvgIpc) is 3.47. The molecule has 3 aromatic heterocycles. The van der Waals surface area contributed by atoms with Crippen molar-refractivity contribution < 1.29 is 13.6 Å². The number of hydrogen-bond acceptors (Lipinski definition) is 6. The van der Waals surface area contributed by atoms with Gasteiger partial charge in [0, 0.05) is 11.9 Å². The lowest BCUT2D eigenvalue weighted by molar-refractivity contribution is -0.118. The molecule has 0 saturated carbocycles. The first-order valence-corrected chi connectivity index (χ1v) is 11.1. The number of benzene rings is 2. The second-order valence-corrected chi connectivity index (χ2v) is 8.13. The maximum atomic E-state index is 13.3. The predicted octanol–water partition coefficient (Wildman–Crippen LogP) is 4.19. The van der Waals surface area contributed by atoms with Gasteiger partial charge in [0.05, 0.1) is 18.6 Å². The fourth-order valence-corrected chi connectivity index (χ4v) is 4.26. The van der Waals surface area contributed by atoms with Crippen molar-refractivity contribution in [2.45, 2.75) is 18.2 Å². The minimum absolute atomic E-state index is 0.124. The maximum Gasteiger partial charge on any atom is 0.298 e. The molecular formula is C24H19N3O4S. The van der Waals surface area contributed by atoms with Gasteiger partial charge in [0.15, 0.2) is 5.16 Å². The number of thioether (sulfide) groups is 1. The monoisotopic (exact) mass is 445 g/mol. The molecule has 0 saturated heterocycles. The zero-order chi connectivity index (χ0) is 21.9. The molecule has 5 rings (SSSR count). The molecule has 0 fully saturated rings. The third-order valence-corrected chi connectivity index (χ3v) is 5.98. The minimum Gasteiger partial charge on any atom is -0.467 e. The SMILES string of the molecule is O=C(CSc1nc2c(oc3ccccc32)c(=O)n1Cc1ccco1)NCc1ccccc1. The Bertz CT molecular complexity index is 1440. The standard InChI is InChI=1S/C24H19N3O4S/c28-20(25-13-16-7-2-1-3-8-16)15-32-24-26-21-18-10-4-5-11-19(18)31-22(21)23(29)27(24)14-17-9-6-12-30-17/h1-12H,13-15H2,(H,25,28). The molecule has 0 radical (unpaired) electrons. The van der Waals surface area contributed by atoms with Crippen LogP contribution in [0.4, 0.5) is 0 Å². The number of aromatic nitrogens is 2. The van der Waals surface area contributed by atoms with Crippen LogP contribution in [0.15, 0.2) is 91.8 Å². The van der Waals surface area contributed by atoms with E-state index in [2.05, 4.69) is 5.32 Å². The number of furan rings is 2. The molecule has 7 nitrogen and oxygen atoms in total. The highest BCUT2D eigenvalue weighted by atomic mass is 32.2. The molecule has 1 N–H and O–H groups in total. The van der Waals surface area contributed by atoms with Gasteiger partial charge in [0.1, 0.15) is 16.9 Å². The number of para-hydroxylation sites is 1. The number of carbonyl (C=O) groups is 1. The fourth-order valence-electron chi connectivity index (χ4n) is 3.44. The number of rotatable bonds is 7. The van der Waals surface area contributed by atoms with Crippen molar-refractivity contribution >= 4 is 39.7 Å². The summed E-state index contributed by atoms with van der Waals surface area (Å²) in [5.41, 5.74) is 1.99. The Balaban J connectivity index is 1.45. The van der Waals surface area contributed by atoms with Gasteiger partial charge in [-0.15, -0.1) is 0 Å². The van der Waals surface area contributed by atoms with Crippen LogP contribution in [0.3, 0.4) is 0 Å². The fraction of sp³-hybridized carbons (Fsp3) is 0.125. The molecule has 1 amide bonds. The molecule has 0 unspecified atom stereocenters. The first-order chi connectivity index (χ1) is 15.7. The van der Waals surface area contributed by atoms with E-state index in [0.717, 1.165) is 10.9 Å². The summed E-state index contributed by atoms with van der Waals surface area (Å²) in [6.45, 7) is 0.637. The number of nitrogens with zero attached hydrogens (tertiary/aromatic N) is 2. The predicted molar refractivity (Wildman–Crippen MR) is 123 cm³/mol. The average molecular weight is 446 g/mol. The molecule has 0 aliphatic heterocycles. The molecule has 160 valence electrons. The van der Waals surface area contributed by atoms with Crippen LogP contribution in [-0.2, 0) is 17.9 Å². The van der Waals surface area contributed by atoms with E-state index in [1.54, 1.807) is 24.5 Å². The smallest absolute Gasteiger partial charge is 0.298 e. The molecule has 0 aliphatic carbocycles. The van der Waals surface area contributed by atoms with E-state index in [0.29, 0.717) is 28.6 Å². The first kappa shape index (κ1) is 20.1. The van der Waals surface area contributed by atoms with E-state index >= 15 is 0 Å². The molecule has 3 heterocycles. The van der Waals surface area contributed by atoms with Gasteiger partial charge >= 0.3 is 0 Å². The van der Waals surface area contributed by atoms with Crippen LogP contribution in [0.2, 0.25) is 0 Å². The van der Waals surface area contributed by atoms with Crippen LogP contribution in [0.5, 0.6) is 0 Å². The van der Waals surface area contributed by atoms with Crippen LogP contribution in [0, 0.1) is 0 Å². The Morgan fingerprint density at radius 2 is 1.84 bits per heavy atom. The Morgan fingerprint density at radius 1 is 1.03 bits per heavy atom. The highest BCUT2D eigenvalue weighted by Crippen LogP contribution is 2.27. The van der Waals surface area contributed by atoms with Gasteiger partial charge in [-0.3, -0.25) is 14.2 Å². The first-order valence-electron chi connectivity index (χ1n) is 10.1. The summed E-state index contributed by atoms with van der Waals surface area (Å²) in [7, 11) is 0. The van der Waals surface area contributed by atoms with E-state index in [4.69, 9.17) is 13.8 Å². The van der Waals surface area contributed by atoms with Crippen molar-refractivity contribution in [3.05, 3.63) is 94.7 Å². The zero-order valence-electron chi connectivity index (χ0n) is 17.0. The molecule has 5 aromatic rings. The van der Waals surface area contributed by atoms with Crippen molar-refractivity contribution in [1.29, 1.82) is 0 Å². The van der Waals surface area contributed by atoms with E-state index in [1.807, 2.05) is 48.5 Å². The van der Waals surface area contributed by atoms with Gasteiger partial charge in [0.25, 0.3) is 5.56 Å². The lowest BCUT2D eigenvalue weighted by Gasteiger charge is -2.11. The summed E-state index contributed by atoms with van der Waals surface area (Å²) < 4.78 is 12.7. The number of carbonyl (C=O) groups excluding carboxylic acids is 1. The van der Waals surface area contributed by atoms with Gasteiger partial charge < -0.3 is 14.2 Å². The number of amides is 1. The summed E-state index contributed by atoms with van der Waals surface area (Å²) in [6.07, 6.45) is 1.55. The van der Waals surface area contributed by atoms with Crippen molar-refractivity contribution in [2.75, 3.05) is 5.75 Å². The summed E-state index contributed by atoms with van der Waals surface area (Å²) in [5.74, 6) is 0.591. The van der Waals surface area contributed by atoms with Gasteiger partial charge in [0.2, 0.25) is 11.5 Å². The Labute approximate surface area is 187 Å². The summed E-state index contributed by atoms with van der Waals surface area (Å²) in [4.78, 5) is 30.4. The molecular weight excluding hydrogens is 426 g/mol. The highest BCUT2D eigenvalue weighted by Gasteiger charge is 2.19. The number of nitrogens with one attached hydrogen (secondary N) is 1. The Hall–Kier alpha value is -3.78. The van der Waals surface area contributed by atoms with Crippen molar-refractivity contribution in [3.63, 3.8) is 0 Å². The number of fused-ring (bicyclic) bond motifs is 3. The summed E-state index contributed by atoms with van der Waals surface area (Å²) in [5, 5.41) is 4.09. The molecule has 0 aliphatic rings. The van der Waals surface area contributed by atoms with Gasteiger partial charge in [-0.1, -0.05) is 54.2 Å². The van der Waals surface area contributed by atoms with Crippen molar-refractivity contribution in [1.82, 2.24) is 14.9 Å². The van der Waals surface area contributed by atoms with Crippen LogP contribution in [0.25, 0.3) is 22.1 Å². The Kier molecular flexibility index (Phi) is 5.51. The molecule has 2 aromatic carbocycles. The molecule has 0 bridgehead atoms.